The number of amidine groups is 1. The molecule has 0 aromatic heterocycles. The fourth-order valence-corrected chi connectivity index (χ4v) is 3.34. The highest BCUT2D eigenvalue weighted by molar-refractivity contribution is 7.90. The van der Waals surface area contributed by atoms with E-state index in [4.69, 9.17) is 5.73 Å². The molecule has 0 radical (unpaired) electrons. The van der Waals surface area contributed by atoms with Gasteiger partial charge >= 0.3 is 0 Å². The molecule has 0 atom stereocenters. The van der Waals surface area contributed by atoms with Gasteiger partial charge < -0.3 is 11.1 Å². The summed E-state index contributed by atoms with van der Waals surface area (Å²) in [6.45, 7) is 1.90. The van der Waals surface area contributed by atoms with E-state index in [1.807, 2.05) is 37.3 Å². The summed E-state index contributed by atoms with van der Waals surface area (Å²) in [5.74, 6) is 0.212. The van der Waals surface area contributed by atoms with Crippen molar-refractivity contribution in [1.29, 1.82) is 0 Å². The van der Waals surface area contributed by atoms with E-state index in [1.54, 1.807) is 48.5 Å². The topological polar surface area (TPSA) is 84.5 Å². The van der Waals surface area contributed by atoms with Crippen LogP contribution in [0, 0.1) is 6.92 Å². The quantitative estimate of drug-likeness (QED) is 0.418. The number of nitrogens with two attached hydrogens (primary N) is 1. The van der Waals surface area contributed by atoms with Crippen molar-refractivity contribution < 1.29 is 8.42 Å². The van der Waals surface area contributed by atoms with E-state index >= 15 is 0 Å². The highest BCUT2D eigenvalue weighted by Gasteiger charge is 2.16. The van der Waals surface area contributed by atoms with Gasteiger partial charge in [0.2, 0.25) is 0 Å². The first-order valence-electron chi connectivity index (χ1n) is 8.04. The van der Waals surface area contributed by atoms with Crippen LogP contribution in [0.1, 0.15) is 11.1 Å². The van der Waals surface area contributed by atoms with E-state index in [0.29, 0.717) is 16.9 Å². The molecule has 26 heavy (non-hydrogen) atoms. The third kappa shape index (κ3) is 4.10. The van der Waals surface area contributed by atoms with Crippen molar-refractivity contribution in [3.05, 3.63) is 90.0 Å². The second-order valence-corrected chi connectivity index (χ2v) is 7.41. The van der Waals surface area contributed by atoms with Gasteiger partial charge in [0.25, 0.3) is 10.0 Å². The standard InChI is InChI=1S/C20H19N3O2S/c1-15-11-13-17(14-12-15)26(24,25)23-20(16-7-3-2-4-8-16)22-19-10-6-5-9-18(19)21/h2-14H,21H2,1H3,(H,22,23). The van der Waals surface area contributed by atoms with Crippen molar-refractivity contribution in [1.82, 2.24) is 0 Å². The number of anilines is 2. The molecule has 3 aromatic rings. The number of aryl methyl sites for hydroxylation is 1. The highest BCUT2D eigenvalue weighted by atomic mass is 32.2. The van der Waals surface area contributed by atoms with Gasteiger partial charge in [-0.15, -0.1) is 4.40 Å². The van der Waals surface area contributed by atoms with Gasteiger partial charge in [0.1, 0.15) is 0 Å². The van der Waals surface area contributed by atoms with Crippen LogP contribution in [0.15, 0.2) is 88.2 Å². The van der Waals surface area contributed by atoms with Gasteiger partial charge in [-0.05, 0) is 31.2 Å². The molecule has 0 saturated carbocycles. The van der Waals surface area contributed by atoms with Crippen LogP contribution in [0.2, 0.25) is 0 Å². The summed E-state index contributed by atoms with van der Waals surface area (Å²) in [7, 11) is -3.87. The van der Waals surface area contributed by atoms with Crippen molar-refractivity contribution in [3.63, 3.8) is 0 Å². The Morgan fingerprint density at radius 3 is 2.15 bits per heavy atom. The average Bonchev–Trinajstić information content (AvgIpc) is 2.64. The molecule has 0 unspecified atom stereocenters. The molecule has 6 heteroatoms. The van der Waals surface area contributed by atoms with Gasteiger partial charge in [0.15, 0.2) is 5.84 Å². The lowest BCUT2D eigenvalue weighted by Crippen LogP contribution is -2.17. The van der Waals surface area contributed by atoms with Crippen molar-refractivity contribution in [2.75, 3.05) is 11.1 Å². The molecule has 0 heterocycles. The maximum Gasteiger partial charge on any atom is 0.284 e. The Bertz CT molecular complexity index is 1030. The number of para-hydroxylation sites is 2. The molecular formula is C20H19N3O2S. The van der Waals surface area contributed by atoms with E-state index in [0.717, 1.165) is 5.56 Å². The van der Waals surface area contributed by atoms with Gasteiger partial charge in [-0.1, -0.05) is 60.2 Å². The van der Waals surface area contributed by atoms with Gasteiger partial charge in [-0.3, -0.25) is 0 Å². The molecule has 3 N–H and O–H groups in total. The number of rotatable bonds is 4. The van der Waals surface area contributed by atoms with Crippen LogP contribution in [0.3, 0.4) is 0 Å². The SMILES string of the molecule is Cc1ccc(S(=O)(=O)N=C(Nc2ccccc2N)c2ccccc2)cc1. The number of nitrogen functional groups attached to an aromatic ring is 1. The summed E-state index contributed by atoms with van der Waals surface area (Å²) in [5, 5.41) is 3.05. The normalized spacial score (nSPS) is 12.0. The molecule has 3 aromatic carbocycles. The lowest BCUT2D eigenvalue weighted by atomic mass is 10.2. The van der Waals surface area contributed by atoms with Crippen LogP contribution in [-0.4, -0.2) is 14.3 Å². The van der Waals surface area contributed by atoms with Gasteiger partial charge in [-0.25, -0.2) is 0 Å². The minimum absolute atomic E-state index is 0.138. The zero-order chi connectivity index (χ0) is 18.6. The zero-order valence-corrected chi connectivity index (χ0v) is 15.1. The summed E-state index contributed by atoms with van der Waals surface area (Å²) < 4.78 is 29.5. The summed E-state index contributed by atoms with van der Waals surface area (Å²) >= 11 is 0. The van der Waals surface area contributed by atoms with E-state index in [-0.39, 0.29) is 10.7 Å². The molecule has 132 valence electrons. The molecule has 0 aliphatic carbocycles. The van der Waals surface area contributed by atoms with Gasteiger partial charge in [0.05, 0.1) is 16.3 Å². The molecule has 0 amide bonds. The number of sulfonamides is 1. The van der Waals surface area contributed by atoms with Crippen LogP contribution in [0.5, 0.6) is 0 Å². The largest absolute Gasteiger partial charge is 0.397 e. The molecular weight excluding hydrogens is 346 g/mol. The van der Waals surface area contributed by atoms with Crippen molar-refractivity contribution in [2.24, 2.45) is 4.40 Å². The number of hydrogen-bond acceptors (Lipinski definition) is 3. The average molecular weight is 365 g/mol. The van der Waals surface area contributed by atoms with Crippen molar-refractivity contribution >= 4 is 27.2 Å². The first-order valence-corrected chi connectivity index (χ1v) is 9.48. The monoisotopic (exact) mass is 365 g/mol. The third-order valence-electron chi connectivity index (χ3n) is 3.79. The minimum Gasteiger partial charge on any atom is -0.397 e. The third-order valence-corrected chi connectivity index (χ3v) is 5.08. The first kappa shape index (κ1) is 17.7. The molecule has 0 fully saturated rings. The second kappa shape index (κ2) is 7.41. The maximum absolute atomic E-state index is 12.7. The van der Waals surface area contributed by atoms with E-state index in [9.17, 15) is 8.42 Å². The highest BCUT2D eigenvalue weighted by Crippen LogP contribution is 2.20. The first-order chi connectivity index (χ1) is 12.5. The Hall–Kier alpha value is -3.12. The summed E-state index contributed by atoms with van der Waals surface area (Å²) in [4.78, 5) is 0.138. The predicted molar refractivity (Wildman–Crippen MR) is 106 cm³/mol. The Labute approximate surface area is 153 Å². The Kier molecular flexibility index (Phi) is 5.04. The zero-order valence-electron chi connectivity index (χ0n) is 14.3. The number of nitrogens with one attached hydrogen (secondary N) is 1. The molecule has 0 aliphatic heterocycles. The molecule has 3 rings (SSSR count). The van der Waals surface area contributed by atoms with E-state index in [1.165, 1.54) is 0 Å². The summed E-state index contributed by atoms with van der Waals surface area (Å²) in [6, 6.07) is 22.8. The molecule has 0 bridgehead atoms. The Morgan fingerprint density at radius 1 is 0.885 bits per heavy atom. The van der Waals surface area contributed by atoms with Gasteiger partial charge in [-0.2, -0.15) is 8.42 Å². The van der Waals surface area contributed by atoms with E-state index < -0.39 is 10.0 Å². The molecule has 5 nitrogen and oxygen atoms in total. The van der Waals surface area contributed by atoms with Crippen LogP contribution in [0.4, 0.5) is 11.4 Å². The van der Waals surface area contributed by atoms with Crippen LogP contribution in [-0.2, 0) is 10.0 Å². The minimum atomic E-state index is -3.87. The van der Waals surface area contributed by atoms with Crippen LogP contribution in [0.25, 0.3) is 0 Å². The van der Waals surface area contributed by atoms with Gasteiger partial charge in [0, 0.05) is 5.56 Å². The molecule has 0 saturated heterocycles. The number of hydrogen-bond donors (Lipinski definition) is 2. The second-order valence-electron chi connectivity index (χ2n) is 5.81. The fraction of sp³-hybridized carbons (Fsp3) is 0.0500. The predicted octanol–water partition coefficient (Wildman–Crippen LogP) is 3.82. The lowest BCUT2D eigenvalue weighted by Gasteiger charge is -2.12. The van der Waals surface area contributed by atoms with Crippen LogP contribution < -0.4 is 11.1 Å². The molecule has 0 spiro atoms. The summed E-state index contributed by atoms with van der Waals surface area (Å²) in [5.41, 5.74) is 8.69. The Balaban J connectivity index is 2.07. The maximum atomic E-state index is 12.7. The van der Waals surface area contributed by atoms with E-state index in [2.05, 4.69) is 9.71 Å². The fourth-order valence-electron chi connectivity index (χ4n) is 2.37. The Morgan fingerprint density at radius 2 is 1.50 bits per heavy atom. The summed E-state index contributed by atoms with van der Waals surface area (Å²) in [6.07, 6.45) is 0. The van der Waals surface area contributed by atoms with Crippen molar-refractivity contribution in [2.45, 2.75) is 11.8 Å². The number of nitrogens with zero attached hydrogens (tertiary/aromatic N) is 1. The van der Waals surface area contributed by atoms with Crippen LogP contribution >= 0.6 is 0 Å². The smallest absolute Gasteiger partial charge is 0.284 e. The number of benzene rings is 3. The lowest BCUT2D eigenvalue weighted by molar-refractivity contribution is 0.598. The molecule has 0 aliphatic rings. The van der Waals surface area contributed by atoms with Crippen molar-refractivity contribution in [3.8, 4) is 0 Å².